The maximum Gasteiger partial charge on any atom is 0.255 e. The molecule has 3 heteroatoms. The topological polar surface area (TPSA) is 29.1 Å². The summed E-state index contributed by atoms with van der Waals surface area (Å²) in [5.41, 5.74) is 5.29. The second-order valence-electron chi connectivity index (χ2n) is 5.66. The summed E-state index contributed by atoms with van der Waals surface area (Å²) in [6.07, 6.45) is 2.43. The van der Waals surface area contributed by atoms with E-state index >= 15 is 0 Å². The van der Waals surface area contributed by atoms with E-state index in [0.717, 1.165) is 36.1 Å². The van der Waals surface area contributed by atoms with Crippen molar-refractivity contribution in [1.82, 2.24) is 0 Å². The van der Waals surface area contributed by atoms with E-state index in [0.29, 0.717) is 11.1 Å². The number of fused-ring (bicyclic) bond motifs is 1. The zero-order valence-corrected chi connectivity index (χ0v) is 12.3. The van der Waals surface area contributed by atoms with E-state index < -0.39 is 0 Å². The molecule has 0 saturated heterocycles. The Bertz CT molecular complexity index is 721. The molecule has 2 nitrogen and oxygen atoms in total. The van der Waals surface area contributed by atoms with Crippen molar-refractivity contribution in [3.8, 4) is 0 Å². The van der Waals surface area contributed by atoms with Crippen molar-refractivity contribution >= 4 is 11.6 Å². The Morgan fingerprint density at radius 1 is 1.05 bits per heavy atom. The van der Waals surface area contributed by atoms with E-state index in [-0.39, 0.29) is 11.7 Å². The molecule has 0 fully saturated rings. The van der Waals surface area contributed by atoms with E-state index in [1.54, 1.807) is 6.07 Å². The van der Waals surface area contributed by atoms with Crippen LogP contribution in [0, 0.1) is 19.7 Å². The van der Waals surface area contributed by atoms with Gasteiger partial charge in [-0.25, -0.2) is 4.39 Å². The number of carbonyl (C=O) groups is 1. The molecule has 0 atom stereocenters. The van der Waals surface area contributed by atoms with Gasteiger partial charge in [0.1, 0.15) is 5.82 Å². The first-order valence-electron chi connectivity index (χ1n) is 7.25. The van der Waals surface area contributed by atoms with Gasteiger partial charge < -0.3 is 5.32 Å². The molecular weight excluding hydrogens is 265 g/mol. The zero-order chi connectivity index (χ0) is 15.0. The van der Waals surface area contributed by atoms with Gasteiger partial charge >= 0.3 is 0 Å². The minimum Gasteiger partial charge on any atom is -0.322 e. The van der Waals surface area contributed by atoms with Crippen LogP contribution < -0.4 is 5.32 Å². The summed E-state index contributed by atoms with van der Waals surface area (Å²) >= 11 is 0. The Morgan fingerprint density at radius 3 is 2.57 bits per heavy atom. The van der Waals surface area contributed by atoms with Crippen LogP contribution in [0.2, 0.25) is 0 Å². The highest BCUT2D eigenvalue weighted by molar-refractivity contribution is 6.05. The summed E-state index contributed by atoms with van der Waals surface area (Å²) in [4.78, 5) is 12.4. The maximum absolute atomic E-state index is 13.7. The monoisotopic (exact) mass is 283 g/mol. The second-order valence-corrected chi connectivity index (χ2v) is 5.66. The number of anilines is 1. The Labute approximate surface area is 124 Å². The summed E-state index contributed by atoms with van der Waals surface area (Å²) in [6, 6.07) is 8.83. The van der Waals surface area contributed by atoms with Crippen molar-refractivity contribution in [3.05, 3.63) is 64.0 Å². The average Bonchev–Trinajstić information content (AvgIpc) is 2.93. The molecule has 0 heterocycles. The standard InChI is InChI=1S/C18H18FNO/c1-11-6-7-13(10-12(11)2)20-18(21)16-8-9-17(19)15-5-3-4-14(15)16/h6-10H,3-5H2,1-2H3,(H,20,21). The van der Waals surface area contributed by atoms with Gasteiger partial charge in [0, 0.05) is 11.3 Å². The smallest absolute Gasteiger partial charge is 0.255 e. The van der Waals surface area contributed by atoms with Crippen molar-refractivity contribution in [2.75, 3.05) is 5.32 Å². The van der Waals surface area contributed by atoms with Crippen LogP contribution in [0.4, 0.5) is 10.1 Å². The number of hydrogen-bond acceptors (Lipinski definition) is 1. The fraction of sp³-hybridized carbons (Fsp3) is 0.278. The SMILES string of the molecule is Cc1ccc(NC(=O)c2ccc(F)c3c2CCC3)cc1C. The van der Waals surface area contributed by atoms with Gasteiger partial charge in [0.2, 0.25) is 0 Å². The van der Waals surface area contributed by atoms with Crippen LogP contribution in [0.5, 0.6) is 0 Å². The molecule has 3 rings (SSSR count). The third-order valence-electron chi connectivity index (χ3n) is 4.24. The van der Waals surface area contributed by atoms with Crippen molar-refractivity contribution in [1.29, 1.82) is 0 Å². The van der Waals surface area contributed by atoms with Gasteiger partial charge in [-0.3, -0.25) is 4.79 Å². The molecule has 0 aliphatic heterocycles. The largest absolute Gasteiger partial charge is 0.322 e. The van der Waals surface area contributed by atoms with E-state index in [9.17, 15) is 9.18 Å². The number of aryl methyl sites for hydroxylation is 2. The third-order valence-corrected chi connectivity index (χ3v) is 4.24. The summed E-state index contributed by atoms with van der Waals surface area (Å²) in [5.74, 6) is -0.346. The van der Waals surface area contributed by atoms with Crippen LogP contribution in [-0.2, 0) is 12.8 Å². The Kier molecular flexibility index (Phi) is 3.50. The van der Waals surface area contributed by atoms with Gasteiger partial charge in [-0.1, -0.05) is 6.07 Å². The van der Waals surface area contributed by atoms with E-state index in [4.69, 9.17) is 0 Å². The van der Waals surface area contributed by atoms with Crippen molar-refractivity contribution in [2.24, 2.45) is 0 Å². The van der Waals surface area contributed by atoms with E-state index in [1.165, 1.54) is 11.6 Å². The zero-order valence-electron chi connectivity index (χ0n) is 12.3. The lowest BCUT2D eigenvalue weighted by Crippen LogP contribution is -2.15. The molecule has 0 saturated carbocycles. The number of amides is 1. The lowest BCUT2D eigenvalue weighted by Gasteiger charge is -2.11. The minimum atomic E-state index is -0.190. The summed E-state index contributed by atoms with van der Waals surface area (Å²) < 4.78 is 13.7. The molecule has 0 unspecified atom stereocenters. The molecule has 1 N–H and O–H groups in total. The van der Waals surface area contributed by atoms with Gasteiger partial charge in [0.05, 0.1) is 0 Å². The number of benzene rings is 2. The molecule has 0 bridgehead atoms. The van der Waals surface area contributed by atoms with Gasteiger partial charge in [0.25, 0.3) is 5.91 Å². The van der Waals surface area contributed by atoms with E-state index in [1.807, 2.05) is 32.0 Å². The lowest BCUT2D eigenvalue weighted by atomic mass is 10.0. The molecule has 1 amide bonds. The minimum absolute atomic E-state index is 0.156. The van der Waals surface area contributed by atoms with Crippen LogP contribution in [0.25, 0.3) is 0 Å². The fourth-order valence-corrected chi connectivity index (χ4v) is 2.89. The molecule has 2 aromatic carbocycles. The molecule has 0 spiro atoms. The van der Waals surface area contributed by atoms with Crippen LogP contribution in [0.3, 0.4) is 0 Å². The van der Waals surface area contributed by atoms with Crippen molar-refractivity contribution in [2.45, 2.75) is 33.1 Å². The van der Waals surface area contributed by atoms with Gasteiger partial charge in [-0.05, 0) is 79.6 Å². The van der Waals surface area contributed by atoms with Crippen molar-refractivity contribution < 1.29 is 9.18 Å². The first-order chi connectivity index (χ1) is 10.1. The molecule has 0 radical (unpaired) electrons. The summed E-state index contributed by atoms with van der Waals surface area (Å²) in [5, 5.41) is 2.91. The molecule has 0 aromatic heterocycles. The Hall–Kier alpha value is -2.16. The molecule has 1 aliphatic rings. The first-order valence-corrected chi connectivity index (χ1v) is 7.25. The molecule has 108 valence electrons. The van der Waals surface area contributed by atoms with Crippen LogP contribution in [0.1, 0.15) is 39.0 Å². The number of nitrogens with one attached hydrogen (secondary N) is 1. The highest BCUT2D eigenvalue weighted by Crippen LogP contribution is 2.28. The van der Waals surface area contributed by atoms with E-state index in [2.05, 4.69) is 5.32 Å². The lowest BCUT2D eigenvalue weighted by molar-refractivity contribution is 0.102. The number of hydrogen-bond donors (Lipinski definition) is 1. The molecule has 1 aliphatic carbocycles. The Morgan fingerprint density at radius 2 is 1.81 bits per heavy atom. The number of carbonyl (C=O) groups excluding carboxylic acids is 1. The van der Waals surface area contributed by atoms with Crippen LogP contribution in [-0.4, -0.2) is 5.91 Å². The second kappa shape index (κ2) is 5.32. The van der Waals surface area contributed by atoms with Gasteiger partial charge in [-0.2, -0.15) is 0 Å². The van der Waals surface area contributed by atoms with Crippen LogP contribution >= 0.6 is 0 Å². The predicted molar refractivity (Wildman–Crippen MR) is 82.3 cm³/mol. The number of rotatable bonds is 2. The van der Waals surface area contributed by atoms with Crippen LogP contribution in [0.15, 0.2) is 30.3 Å². The molecule has 2 aromatic rings. The summed E-state index contributed by atoms with van der Waals surface area (Å²) in [6.45, 7) is 4.05. The van der Waals surface area contributed by atoms with Gasteiger partial charge in [0.15, 0.2) is 0 Å². The average molecular weight is 283 g/mol. The molecular formula is C18H18FNO. The maximum atomic E-state index is 13.7. The molecule has 21 heavy (non-hydrogen) atoms. The fourth-order valence-electron chi connectivity index (χ4n) is 2.89. The van der Waals surface area contributed by atoms with Crippen molar-refractivity contribution in [3.63, 3.8) is 0 Å². The quantitative estimate of drug-likeness (QED) is 0.880. The number of halogens is 1. The first kappa shape index (κ1) is 13.8. The predicted octanol–water partition coefficient (Wildman–Crippen LogP) is 4.18. The summed E-state index contributed by atoms with van der Waals surface area (Å²) in [7, 11) is 0. The third kappa shape index (κ3) is 2.56. The van der Waals surface area contributed by atoms with Gasteiger partial charge in [-0.15, -0.1) is 0 Å². The Balaban J connectivity index is 1.89. The highest BCUT2D eigenvalue weighted by atomic mass is 19.1. The highest BCUT2D eigenvalue weighted by Gasteiger charge is 2.22. The normalized spacial score (nSPS) is 13.1.